The molecule has 0 spiro atoms. The van der Waals surface area contributed by atoms with Crippen LogP contribution in [-0.2, 0) is 12.0 Å². The zero-order chi connectivity index (χ0) is 13.2. The molecule has 0 saturated heterocycles. The van der Waals surface area contributed by atoms with E-state index in [1.54, 1.807) is 0 Å². The molecule has 98 valence electrons. The van der Waals surface area contributed by atoms with Crippen molar-refractivity contribution in [1.29, 1.82) is 0 Å². The number of hydrogen-bond acceptors (Lipinski definition) is 3. The van der Waals surface area contributed by atoms with Gasteiger partial charge in [-0.2, -0.15) is 0 Å². The van der Waals surface area contributed by atoms with Gasteiger partial charge in [0.15, 0.2) is 0 Å². The molecule has 0 N–H and O–H groups in total. The molecule has 0 aliphatic heterocycles. The standard InChI is InChI=1S/C14H26N2O/c1-10(2)11(3)16(7)9-12-8-13(17-15-12)14(4,5)6/h8,10-11H,9H2,1-7H3. The molecule has 0 amide bonds. The molecule has 1 heterocycles. The van der Waals surface area contributed by atoms with Crippen molar-refractivity contribution in [2.45, 2.75) is 59.5 Å². The fourth-order valence-electron chi connectivity index (χ4n) is 1.65. The van der Waals surface area contributed by atoms with Gasteiger partial charge >= 0.3 is 0 Å². The van der Waals surface area contributed by atoms with Gasteiger partial charge in [0.25, 0.3) is 0 Å². The average molecular weight is 238 g/mol. The molecular formula is C14H26N2O. The lowest BCUT2D eigenvalue weighted by Gasteiger charge is -2.26. The van der Waals surface area contributed by atoms with Crippen LogP contribution in [-0.4, -0.2) is 23.1 Å². The first-order valence-corrected chi connectivity index (χ1v) is 6.38. The molecule has 3 heteroatoms. The summed E-state index contributed by atoms with van der Waals surface area (Å²) in [5.74, 6) is 1.60. The van der Waals surface area contributed by atoms with Crippen molar-refractivity contribution in [2.75, 3.05) is 7.05 Å². The summed E-state index contributed by atoms with van der Waals surface area (Å²) >= 11 is 0. The average Bonchev–Trinajstić information content (AvgIpc) is 2.64. The molecule has 0 aromatic carbocycles. The van der Waals surface area contributed by atoms with E-state index in [1.807, 2.05) is 0 Å². The van der Waals surface area contributed by atoms with E-state index in [9.17, 15) is 0 Å². The molecule has 3 nitrogen and oxygen atoms in total. The van der Waals surface area contributed by atoms with Gasteiger partial charge in [-0.05, 0) is 19.9 Å². The van der Waals surface area contributed by atoms with Crippen molar-refractivity contribution in [3.05, 3.63) is 17.5 Å². The lowest BCUT2D eigenvalue weighted by molar-refractivity contribution is 0.195. The van der Waals surface area contributed by atoms with Gasteiger partial charge in [-0.1, -0.05) is 39.8 Å². The van der Waals surface area contributed by atoms with Gasteiger partial charge in [0.2, 0.25) is 0 Å². The van der Waals surface area contributed by atoms with E-state index >= 15 is 0 Å². The highest BCUT2D eigenvalue weighted by Crippen LogP contribution is 2.23. The van der Waals surface area contributed by atoms with Crippen LogP contribution in [0.5, 0.6) is 0 Å². The zero-order valence-electron chi connectivity index (χ0n) is 12.2. The van der Waals surface area contributed by atoms with Crippen molar-refractivity contribution in [1.82, 2.24) is 10.1 Å². The molecule has 1 atom stereocenters. The minimum Gasteiger partial charge on any atom is -0.361 e. The molecule has 0 bridgehead atoms. The quantitative estimate of drug-likeness (QED) is 0.804. The summed E-state index contributed by atoms with van der Waals surface area (Å²) in [4.78, 5) is 2.31. The van der Waals surface area contributed by atoms with Crippen LogP contribution in [0.4, 0.5) is 0 Å². The van der Waals surface area contributed by atoms with Gasteiger partial charge in [-0.15, -0.1) is 0 Å². The number of aromatic nitrogens is 1. The van der Waals surface area contributed by atoms with E-state index in [1.165, 1.54) is 0 Å². The van der Waals surface area contributed by atoms with E-state index < -0.39 is 0 Å². The highest BCUT2D eigenvalue weighted by atomic mass is 16.5. The summed E-state index contributed by atoms with van der Waals surface area (Å²) in [6.45, 7) is 14.0. The Balaban J connectivity index is 2.67. The van der Waals surface area contributed by atoms with Gasteiger partial charge in [-0.3, -0.25) is 4.90 Å². The lowest BCUT2D eigenvalue weighted by Crippen LogP contribution is -2.32. The Bertz CT molecular complexity index is 349. The third-order valence-electron chi connectivity index (χ3n) is 3.37. The van der Waals surface area contributed by atoms with Crippen LogP contribution < -0.4 is 0 Å². The van der Waals surface area contributed by atoms with Crippen molar-refractivity contribution in [2.24, 2.45) is 5.92 Å². The normalized spacial score (nSPS) is 14.6. The molecule has 1 rings (SSSR count). The summed E-state index contributed by atoms with van der Waals surface area (Å²) in [7, 11) is 2.14. The Morgan fingerprint density at radius 3 is 2.29 bits per heavy atom. The predicted molar refractivity (Wildman–Crippen MR) is 71.0 cm³/mol. The first-order valence-electron chi connectivity index (χ1n) is 6.38. The second kappa shape index (κ2) is 5.21. The second-order valence-corrected chi connectivity index (χ2v) is 6.33. The monoisotopic (exact) mass is 238 g/mol. The van der Waals surface area contributed by atoms with E-state index in [-0.39, 0.29) is 5.41 Å². The molecule has 1 aromatic rings. The van der Waals surface area contributed by atoms with Crippen LogP contribution in [0.1, 0.15) is 53.0 Å². The van der Waals surface area contributed by atoms with Gasteiger partial charge in [0.05, 0.1) is 5.69 Å². The van der Waals surface area contributed by atoms with Gasteiger partial charge in [0, 0.05) is 24.1 Å². The Morgan fingerprint density at radius 2 is 1.88 bits per heavy atom. The summed E-state index contributed by atoms with van der Waals surface area (Å²) in [5.41, 5.74) is 1.05. The first-order chi connectivity index (χ1) is 7.71. The zero-order valence-corrected chi connectivity index (χ0v) is 12.2. The van der Waals surface area contributed by atoms with Gasteiger partial charge in [0.1, 0.15) is 5.76 Å². The Hall–Kier alpha value is -0.830. The molecule has 0 aliphatic rings. The SMILES string of the molecule is CC(C)C(C)N(C)Cc1cc(C(C)(C)C)on1. The molecule has 0 aliphatic carbocycles. The molecule has 1 unspecified atom stereocenters. The highest BCUT2D eigenvalue weighted by Gasteiger charge is 2.21. The minimum atomic E-state index is 0.0352. The van der Waals surface area contributed by atoms with Crippen molar-refractivity contribution >= 4 is 0 Å². The third-order valence-corrected chi connectivity index (χ3v) is 3.37. The maximum absolute atomic E-state index is 5.39. The fraction of sp³-hybridized carbons (Fsp3) is 0.786. The van der Waals surface area contributed by atoms with Gasteiger partial charge < -0.3 is 4.52 Å². The Morgan fingerprint density at radius 1 is 1.29 bits per heavy atom. The van der Waals surface area contributed by atoms with E-state index in [0.29, 0.717) is 12.0 Å². The molecule has 1 aromatic heterocycles. The number of rotatable bonds is 4. The predicted octanol–water partition coefficient (Wildman–Crippen LogP) is 3.45. The number of nitrogens with zero attached hydrogens (tertiary/aromatic N) is 2. The molecule has 0 fully saturated rings. The van der Waals surface area contributed by atoms with Crippen LogP contribution in [0.3, 0.4) is 0 Å². The topological polar surface area (TPSA) is 29.3 Å². The Labute approximate surface area is 105 Å². The molecule has 0 radical (unpaired) electrons. The summed E-state index contributed by atoms with van der Waals surface area (Å²) in [6.07, 6.45) is 0. The van der Waals surface area contributed by atoms with Crippen LogP contribution in [0, 0.1) is 5.92 Å². The smallest absolute Gasteiger partial charge is 0.142 e. The summed E-state index contributed by atoms with van der Waals surface area (Å²) < 4.78 is 5.39. The molecule has 17 heavy (non-hydrogen) atoms. The van der Waals surface area contributed by atoms with E-state index in [4.69, 9.17) is 4.52 Å². The van der Waals surface area contributed by atoms with Crippen LogP contribution in [0.2, 0.25) is 0 Å². The first kappa shape index (κ1) is 14.2. The molecular weight excluding hydrogens is 212 g/mol. The Kier molecular flexibility index (Phi) is 4.36. The van der Waals surface area contributed by atoms with Crippen molar-refractivity contribution in [3.63, 3.8) is 0 Å². The molecule has 0 saturated carbocycles. The summed E-state index contributed by atoms with van der Waals surface area (Å²) in [6, 6.07) is 2.62. The van der Waals surface area contributed by atoms with Crippen molar-refractivity contribution in [3.8, 4) is 0 Å². The second-order valence-electron chi connectivity index (χ2n) is 6.33. The highest BCUT2D eigenvalue weighted by molar-refractivity contribution is 5.12. The maximum Gasteiger partial charge on any atom is 0.142 e. The van der Waals surface area contributed by atoms with Crippen LogP contribution >= 0.6 is 0 Å². The maximum atomic E-state index is 5.39. The minimum absolute atomic E-state index is 0.0352. The largest absolute Gasteiger partial charge is 0.361 e. The van der Waals surface area contributed by atoms with E-state index in [0.717, 1.165) is 18.0 Å². The van der Waals surface area contributed by atoms with Gasteiger partial charge in [-0.25, -0.2) is 0 Å². The number of hydrogen-bond donors (Lipinski definition) is 0. The third kappa shape index (κ3) is 3.84. The van der Waals surface area contributed by atoms with Crippen LogP contribution in [0.25, 0.3) is 0 Å². The lowest BCUT2D eigenvalue weighted by atomic mass is 9.93. The fourth-order valence-corrected chi connectivity index (χ4v) is 1.65. The van der Waals surface area contributed by atoms with E-state index in [2.05, 4.69) is 64.7 Å². The van der Waals surface area contributed by atoms with Crippen molar-refractivity contribution < 1.29 is 4.52 Å². The summed E-state index contributed by atoms with van der Waals surface area (Å²) in [5, 5.41) is 4.15. The van der Waals surface area contributed by atoms with Crippen LogP contribution in [0.15, 0.2) is 10.6 Å².